The van der Waals surface area contributed by atoms with Crippen LogP contribution in [0.2, 0.25) is 0 Å². The summed E-state index contributed by atoms with van der Waals surface area (Å²) in [5.41, 5.74) is 0.664. The number of fused-ring (bicyclic) bond motifs is 1. The Morgan fingerprint density at radius 1 is 1.45 bits per heavy atom. The SMILES string of the molecule is FC1=CC(Br)=CC2=NN=C[C@@H]12. The van der Waals surface area contributed by atoms with Gasteiger partial charge in [-0.15, -0.1) is 0 Å². The number of hydrogen-bond acceptors (Lipinski definition) is 2. The first kappa shape index (κ1) is 6.91. The summed E-state index contributed by atoms with van der Waals surface area (Å²) in [6.07, 6.45) is 4.69. The van der Waals surface area contributed by atoms with E-state index in [1.165, 1.54) is 12.3 Å². The molecule has 4 heteroatoms. The van der Waals surface area contributed by atoms with Crippen LogP contribution in [0, 0.1) is 5.92 Å². The Labute approximate surface area is 71.3 Å². The second kappa shape index (κ2) is 2.37. The standard InChI is InChI=1S/C7H4BrFN2/c8-4-1-6(9)5-3-10-11-7(5)2-4/h1-3,5H/t5-/m0/s1. The summed E-state index contributed by atoms with van der Waals surface area (Å²) < 4.78 is 13.7. The van der Waals surface area contributed by atoms with Crippen LogP contribution in [0.15, 0.2) is 32.7 Å². The molecule has 0 saturated carbocycles. The third kappa shape index (κ3) is 1.07. The van der Waals surface area contributed by atoms with Gasteiger partial charge in [0.25, 0.3) is 0 Å². The monoisotopic (exact) mass is 214 g/mol. The third-order valence-corrected chi connectivity index (χ3v) is 2.02. The molecule has 1 aliphatic carbocycles. The lowest BCUT2D eigenvalue weighted by atomic mass is 9.99. The number of allylic oxidation sites excluding steroid dienone is 4. The zero-order valence-electron chi connectivity index (χ0n) is 5.46. The maximum atomic E-state index is 13.0. The highest BCUT2D eigenvalue weighted by Crippen LogP contribution is 2.27. The molecule has 0 aromatic heterocycles. The van der Waals surface area contributed by atoms with E-state index in [-0.39, 0.29) is 11.7 Å². The summed E-state index contributed by atoms with van der Waals surface area (Å²) in [4.78, 5) is 0. The van der Waals surface area contributed by atoms with Crippen LogP contribution in [0.1, 0.15) is 0 Å². The first-order chi connectivity index (χ1) is 5.27. The van der Waals surface area contributed by atoms with Gasteiger partial charge in [0.2, 0.25) is 0 Å². The molecule has 2 nitrogen and oxygen atoms in total. The summed E-state index contributed by atoms with van der Waals surface area (Å²) in [6, 6.07) is 0. The van der Waals surface area contributed by atoms with Crippen LogP contribution in [-0.4, -0.2) is 11.9 Å². The molecule has 0 aromatic carbocycles. The molecule has 0 aromatic rings. The lowest BCUT2D eigenvalue weighted by molar-refractivity contribution is 0.599. The third-order valence-electron chi connectivity index (χ3n) is 1.57. The highest BCUT2D eigenvalue weighted by Gasteiger charge is 2.24. The van der Waals surface area contributed by atoms with E-state index in [9.17, 15) is 4.39 Å². The quantitative estimate of drug-likeness (QED) is 0.591. The number of halogens is 2. The zero-order valence-corrected chi connectivity index (χ0v) is 7.05. The van der Waals surface area contributed by atoms with Gasteiger partial charge in [0.15, 0.2) is 0 Å². The number of nitrogens with zero attached hydrogens (tertiary/aromatic N) is 2. The van der Waals surface area contributed by atoms with Crippen molar-refractivity contribution in [3.8, 4) is 0 Å². The van der Waals surface area contributed by atoms with Gasteiger partial charge < -0.3 is 0 Å². The molecular formula is C7H4BrFN2. The zero-order chi connectivity index (χ0) is 7.84. The molecule has 0 fully saturated rings. The van der Waals surface area contributed by atoms with Gasteiger partial charge in [-0.25, -0.2) is 4.39 Å². The molecule has 2 aliphatic rings. The van der Waals surface area contributed by atoms with Gasteiger partial charge in [-0.1, -0.05) is 15.9 Å². The van der Waals surface area contributed by atoms with Gasteiger partial charge in [-0.05, 0) is 12.2 Å². The Balaban J connectivity index is 2.45. The van der Waals surface area contributed by atoms with Crippen LogP contribution in [-0.2, 0) is 0 Å². The highest BCUT2D eigenvalue weighted by molar-refractivity contribution is 9.11. The minimum atomic E-state index is -0.337. The van der Waals surface area contributed by atoms with Gasteiger partial charge >= 0.3 is 0 Å². The van der Waals surface area contributed by atoms with Gasteiger partial charge in [0.1, 0.15) is 5.83 Å². The van der Waals surface area contributed by atoms with Crippen molar-refractivity contribution in [2.45, 2.75) is 0 Å². The van der Waals surface area contributed by atoms with Gasteiger partial charge in [-0.3, -0.25) is 0 Å². The normalized spacial score (nSPS) is 27.5. The fraction of sp³-hybridized carbons (Fsp3) is 0.143. The van der Waals surface area contributed by atoms with Gasteiger partial charge in [0.05, 0.1) is 11.6 Å². The van der Waals surface area contributed by atoms with E-state index in [1.807, 2.05) is 0 Å². The molecule has 2 rings (SSSR count). The second-order valence-corrected chi connectivity index (χ2v) is 3.24. The fourth-order valence-electron chi connectivity index (χ4n) is 1.04. The predicted octanol–water partition coefficient (Wildman–Crippen LogP) is 2.19. The van der Waals surface area contributed by atoms with E-state index in [4.69, 9.17) is 0 Å². The largest absolute Gasteiger partial charge is 0.211 e. The Hall–Kier alpha value is -0.770. The van der Waals surface area contributed by atoms with Crippen LogP contribution in [0.4, 0.5) is 4.39 Å². The van der Waals surface area contributed by atoms with Crippen LogP contribution < -0.4 is 0 Å². The molecule has 0 spiro atoms. The molecule has 0 unspecified atom stereocenters. The molecule has 1 heterocycles. The molecule has 56 valence electrons. The average molecular weight is 215 g/mol. The minimum absolute atomic E-state index is 0.209. The summed E-state index contributed by atoms with van der Waals surface area (Å²) in [5, 5.41) is 7.39. The van der Waals surface area contributed by atoms with Gasteiger partial charge in [-0.2, -0.15) is 10.2 Å². The van der Waals surface area contributed by atoms with E-state index >= 15 is 0 Å². The van der Waals surface area contributed by atoms with Gasteiger partial charge in [0, 0.05) is 10.7 Å². The molecule has 0 radical (unpaired) electrons. The van der Waals surface area contributed by atoms with Crippen molar-refractivity contribution in [1.82, 2.24) is 0 Å². The lowest BCUT2D eigenvalue weighted by Gasteiger charge is -2.09. The smallest absolute Gasteiger partial charge is 0.116 e. The average Bonchev–Trinajstić information content (AvgIpc) is 2.34. The molecule has 1 aliphatic heterocycles. The molecular weight excluding hydrogens is 211 g/mol. The Morgan fingerprint density at radius 2 is 2.27 bits per heavy atom. The Bertz CT molecular complexity index is 314. The van der Waals surface area contributed by atoms with Crippen molar-refractivity contribution in [3.05, 3.63) is 22.5 Å². The number of hydrogen-bond donors (Lipinski definition) is 0. The predicted molar refractivity (Wildman–Crippen MR) is 45.6 cm³/mol. The first-order valence-corrected chi connectivity index (χ1v) is 3.92. The topological polar surface area (TPSA) is 24.7 Å². The van der Waals surface area contributed by atoms with Crippen LogP contribution in [0.3, 0.4) is 0 Å². The van der Waals surface area contributed by atoms with Crippen molar-refractivity contribution in [2.75, 3.05) is 0 Å². The van der Waals surface area contributed by atoms with Crippen molar-refractivity contribution in [2.24, 2.45) is 16.1 Å². The molecule has 0 N–H and O–H groups in total. The van der Waals surface area contributed by atoms with Crippen molar-refractivity contribution in [1.29, 1.82) is 0 Å². The molecule has 11 heavy (non-hydrogen) atoms. The van der Waals surface area contributed by atoms with E-state index in [2.05, 4.69) is 26.1 Å². The van der Waals surface area contributed by atoms with Crippen molar-refractivity contribution >= 4 is 27.9 Å². The van der Waals surface area contributed by atoms with E-state index in [0.29, 0.717) is 10.2 Å². The van der Waals surface area contributed by atoms with Crippen LogP contribution in [0.5, 0.6) is 0 Å². The summed E-state index contributed by atoms with van der Waals surface area (Å²) >= 11 is 3.17. The summed E-state index contributed by atoms with van der Waals surface area (Å²) in [7, 11) is 0. The maximum absolute atomic E-state index is 13.0. The first-order valence-electron chi connectivity index (χ1n) is 3.13. The lowest BCUT2D eigenvalue weighted by Crippen LogP contribution is -2.13. The highest BCUT2D eigenvalue weighted by atomic mass is 79.9. The van der Waals surface area contributed by atoms with Crippen molar-refractivity contribution < 1.29 is 4.39 Å². The van der Waals surface area contributed by atoms with Crippen molar-refractivity contribution in [3.63, 3.8) is 0 Å². The van der Waals surface area contributed by atoms with E-state index in [1.54, 1.807) is 6.08 Å². The molecule has 1 atom stereocenters. The Kier molecular flexibility index (Phi) is 1.49. The van der Waals surface area contributed by atoms with Crippen LogP contribution >= 0.6 is 15.9 Å². The maximum Gasteiger partial charge on any atom is 0.116 e. The van der Waals surface area contributed by atoms with Crippen LogP contribution in [0.25, 0.3) is 0 Å². The second-order valence-electron chi connectivity index (χ2n) is 2.33. The number of rotatable bonds is 0. The van der Waals surface area contributed by atoms with E-state index in [0.717, 1.165) is 0 Å². The Morgan fingerprint density at radius 3 is 3.09 bits per heavy atom. The summed E-state index contributed by atoms with van der Waals surface area (Å²) in [6.45, 7) is 0. The fourth-order valence-corrected chi connectivity index (χ4v) is 1.49. The molecule has 0 saturated heterocycles. The molecule has 0 bridgehead atoms. The molecule has 0 amide bonds. The minimum Gasteiger partial charge on any atom is -0.211 e. The van der Waals surface area contributed by atoms with E-state index < -0.39 is 0 Å². The summed E-state index contributed by atoms with van der Waals surface area (Å²) in [5.74, 6) is -0.546.